The van der Waals surface area contributed by atoms with Crippen LogP contribution in [-0.2, 0) is 11.2 Å². The first-order valence-electron chi connectivity index (χ1n) is 6.95. The van der Waals surface area contributed by atoms with Crippen LogP contribution in [0.5, 0.6) is 0 Å². The lowest BCUT2D eigenvalue weighted by Crippen LogP contribution is -2.32. The largest absolute Gasteiger partial charge is 0.393 e. The standard InChI is InChI=1S/C15H19BrFNO2/c16-13-6-5-12(17)8-10(13)4-7-15(20)18-9-11-2-1-3-14(11)19/h5-6,8,11,14,19H,1-4,7,9H2,(H,18,20)/t11-,14-/m0/s1. The lowest BCUT2D eigenvalue weighted by atomic mass is 10.1. The summed E-state index contributed by atoms with van der Waals surface area (Å²) >= 11 is 3.35. The predicted molar refractivity (Wildman–Crippen MR) is 78.8 cm³/mol. The molecule has 110 valence electrons. The summed E-state index contributed by atoms with van der Waals surface area (Å²) in [6.07, 6.45) is 3.36. The molecule has 2 atom stereocenters. The van der Waals surface area contributed by atoms with Gasteiger partial charge in [-0.15, -0.1) is 0 Å². The van der Waals surface area contributed by atoms with E-state index in [4.69, 9.17) is 0 Å². The Labute approximate surface area is 126 Å². The maximum atomic E-state index is 13.1. The third-order valence-corrected chi connectivity index (χ3v) is 4.58. The highest BCUT2D eigenvalue weighted by atomic mass is 79.9. The number of rotatable bonds is 5. The van der Waals surface area contributed by atoms with Gasteiger partial charge in [0.1, 0.15) is 5.82 Å². The van der Waals surface area contributed by atoms with Gasteiger partial charge in [-0.1, -0.05) is 22.4 Å². The summed E-state index contributed by atoms with van der Waals surface area (Å²) in [5, 5.41) is 12.5. The Morgan fingerprint density at radius 1 is 1.45 bits per heavy atom. The number of hydrogen-bond acceptors (Lipinski definition) is 2. The molecular formula is C15H19BrFNO2. The molecule has 0 saturated heterocycles. The number of benzene rings is 1. The topological polar surface area (TPSA) is 49.3 Å². The summed E-state index contributed by atoms with van der Waals surface area (Å²) < 4.78 is 13.9. The van der Waals surface area contributed by atoms with E-state index in [1.165, 1.54) is 12.1 Å². The van der Waals surface area contributed by atoms with E-state index in [-0.39, 0.29) is 23.7 Å². The molecule has 3 nitrogen and oxygen atoms in total. The number of nitrogens with one attached hydrogen (secondary N) is 1. The molecule has 1 aliphatic rings. The van der Waals surface area contributed by atoms with Gasteiger partial charge in [0.05, 0.1) is 6.10 Å². The smallest absolute Gasteiger partial charge is 0.220 e. The SMILES string of the molecule is O=C(CCc1cc(F)ccc1Br)NC[C@@H]1CCC[C@@H]1O. The zero-order valence-electron chi connectivity index (χ0n) is 11.2. The van der Waals surface area contributed by atoms with E-state index < -0.39 is 0 Å². The molecule has 1 fully saturated rings. The second kappa shape index (κ2) is 7.18. The van der Waals surface area contributed by atoms with Crippen molar-refractivity contribution in [3.8, 4) is 0 Å². The quantitative estimate of drug-likeness (QED) is 0.863. The molecule has 0 radical (unpaired) electrons. The Kier molecular flexibility index (Phi) is 5.54. The first-order chi connectivity index (χ1) is 9.56. The fourth-order valence-electron chi connectivity index (χ4n) is 2.57. The van der Waals surface area contributed by atoms with Crippen LogP contribution < -0.4 is 5.32 Å². The molecule has 0 aliphatic heterocycles. The van der Waals surface area contributed by atoms with E-state index in [1.54, 1.807) is 6.07 Å². The van der Waals surface area contributed by atoms with Gasteiger partial charge in [-0.25, -0.2) is 4.39 Å². The molecule has 0 spiro atoms. The number of halogens is 2. The molecule has 2 rings (SSSR count). The summed E-state index contributed by atoms with van der Waals surface area (Å²) in [6.45, 7) is 0.532. The molecule has 1 aliphatic carbocycles. The molecule has 0 unspecified atom stereocenters. The zero-order valence-corrected chi connectivity index (χ0v) is 12.8. The van der Waals surface area contributed by atoms with E-state index in [9.17, 15) is 14.3 Å². The van der Waals surface area contributed by atoms with Gasteiger partial charge in [0.2, 0.25) is 5.91 Å². The van der Waals surface area contributed by atoms with Crippen molar-refractivity contribution < 1.29 is 14.3 Å². The Balaban J connectivity index is 1.76. The molecule has 5 heteroatoms. The number of carbonyl (C=O) groups is 1. The number of hydrogen-bond donors (Lipinski definition) is 2. The fraction of sp³-hybridized carbons (Fsp3) is 0.533. The molecule has 1 aromatic carbocycles. The molecule has 1 saturated carbocycles. The minimum Gasteiger partial charge on any atom is -0.393 e. The molecule has 20 heavy (non-hydrogen) atoms. The van der Waals surface area contributed by atoms with Crippen LogP contribution >= 0.6 is 15.9 Å². The highest BCUT2D eigenvalue weighted by Gasteiger charge is 2.25. The van der Waals surface area contributed by atoms with E-state index in [0.717, 1.165) is 29.3 Å². The van der Waals surface area contributed by atoms with Crippen LogP contribution in [0.2, 0.25) is 0 Å². The lowest BCUT2D eigenvalue weighted by molar-refractivity contribution is -0.121. The maximum absolute atomic E-state index is 13.1. The summed E-state index contributed by atoms with van der Waals surface area (Å²) in [5.41, 5.74) is 0.793. The van der Waals surface area contributed by atoms with E-state index in [0.29, 0.717) is 19.4 Å². The van der Waals surface area contributed by atoms with Crippen LogP contribution in [0.4, 0.5) is 4.39 Å². The Bertz CT molecular complexity index is 481. The van der Waals surface area contributed by atoms with Gasteiger partial charge in [-0.2, -0.15) is 0 Å². The van der Waals surface area contributed by atoms with Crippen molar-refractivity contribution in [1.82, 2.24) is 5.32 Å². The number of amides is 1. The molecule has 0 aromatic heterocycles. The average Bonchev–Trinajstić information content (AvgIpc) is 2.83. The second-order valence-electron chi connectivity index (χ2n) is 5.30. The summed E-state index contributed by atoms with van der Waals surface area (Å²) in [4.78, 5) is 11.8. The van der Waals surface area contributed by atoms with Crippen molar-refractivity contribution in [2.45, 2.75) is 38.2 Å². The zero-order chi connectivity index (χ0) is 14.5. The lowest BCUT2D eigenvalue weighted by Gasteiger charge is -2.15. The van der Waals surface area contributed by atoms with Crippen LogP contribution in [0.3, 0.4) is 0 Å². The Morgan fingerprint density at radius 2 is 2.25 bits per heavy atom. The number of carbonyl (C=O) groups excluding carboxylic acids is 1. The van der Waals surface area contributed by atoms with Crippen molar-refractivity contribution in [2.24, 2.45) is 5.92 Å². The van der Waals surface area contributed by atoms with Gasteiger partial charge in [0.15, 0.2) is 0 Å². The van der Waals surface area contributed by atoms with Crippen molar-refractivity contribution in [3.63, 3.8) is 0 Å². The van der Waals surface area contributed by atoms with Crippen molar-refractivity contribution in [3.05, 3.63) is 34.1 Å². The summed E-state index contributed by atoms with van der Waals surface area (Å²) in [7, 11) is 0. The Morgan fingerprint density at radius 3 is 2.95 bits per heavy atom. The number of aryl methyl sites for hydroxylation is 1. The molecule has 0 bridgehead atoms. The second-order valence-corrected chi connectivity index (χ2v) is 6.15. The highest BCUT2D eigenvalue weighted by molar-refractivity contribution is 9.10. The average molecular weight is 344 g/mol. The van der Waals surface area contributed by atoms with Crippen LogP contribution in [0.15, 0.2) is 22.7 Å². The molecule has 1 aromatic rings. The fourth-order valence-corrected chi connectivity index (χ4v) is 3.02. The van der Waals surface area contributed by atoms with E-state index in [1.807, 2.05) is 0 Å². The predicted octanol–water partition coefficient (Wildman–Crippen LogP) is 2.80. The minimum atomic E-state index is -0.294. The van der Waals surface area contributed by atoms with Crippen LogP contribution in [0, 0.1) is 11.7 Å². The van der Waals surface area contributed by atoms with Gasteiger partial charge in [0.25, 0.3) is 0 Å². The van der Waals surface area contributed by atoms with Crippen molar-refractivity contribution >= 4 is 21.8 Å². The number of aliphatic hydroxyl groups excluding tert-OH is 1. The van der Waals surface area contributed by atoms with Gasteiger partial charge in [-0.3, -0.25) is 4.79 Å². The van der Waals surface area contributed by atoms with Crippen LogP contribution in [0.25, 0.3) is 0 Å². The van der Waals surface area contributed by atoms with Gasteiger partial charge in [0, 0.05) is 23.4 Å². The Hall–Kier alpha value is -0.940. The third kappa shape index (κ3) is 4.28. The van der Waals surface area contributed by atoms with Crippen LogP contribution in [0.1, 0.15) is 31.2 Å². The van der Waals surface area contributed by atoms with Gasteiger partial charge < -0.3 is 10.4 Å². The third-order valence-electron chi connectivity index (χ3n) is 3.81. The van der Waals surface area contributed by atoms with Gasteiger partial charge >= 0.3 is 0 Å². The normalized spacial score (nSPS) is 21.9. The molecule has 0 heterocycles. The maximum Gasteiger partial charge on any atom is 0.220 e. The summed E-state index contributed by atoms with van der Waals surface area (Å²) in [6, 6.07) is 4.48. The van der Waals surface area contributed by atoms with E-state index >= 15 is 0 Å². The van der Waals surface area contributed by atoms with Crippen molar-refractivity contribution in [2.75, 3.05) is 6.54 Å². The van der Waals surface area contributed by atoms with Gasteiger partial charge in [-0.05, 0) is 43.0 Å². The van der Waals surface area contributed by atoms with E-state index in [2.05, 4.69) is 21.2 Å². The highest BCUT2D eigenvalue weighted by Crippen LogP contribution is 2.24. The molecule has 1 amide bonds. The first kappa shape index (κ1) is 15.4. The molecule has 2 N–H and O–H groups in total. The monoisotopic (exact) mass is 343 g/mol. The first-order valence-corrected chi connectivity index (χ1v) is 7.74. The minimum absolute atomic E-state index is 0.0553. The van der Waals surface area contributed by atoms with Crippen molar-refractivity contribution in [1.29, 1.82) is 0 Å². The number of aliphatic hydroxyl groups is 1. The van der Waals surface area contributed by atoms with Crippen LogP contribution in [-0.4, -0.2) is 23.7 Å². The summed E-state index contributed by atoms with van der Waals surface area (Å²) in [5.74, 6) is -0.169. The molecular weight excluding hydrogens is 325 g/mol.